The highest BCUT2D eigenvalue weighted by atomic mass is 35.5. The fraction of sp³-hybridized carbons (Fsp3) is 0.550. The molecule has 2 saturated heterocycles. The maximum absolute atomic E-state index is 12.6. The van der Waals surface area contributed by atoms with E-state index in [2.05, 4.69) is 15.3 Å². The normalized spacial score (nSPS) is 24.4. The number of piperidine rings is 1. The Hall–Kier alpha value is -2.28. The maximum Gasteiger partial charge on any atom is 0.410 e. The Balaban J connectivity index is 1.52. The average Bonchev–Trinajstić information content (AvgIpc) is 2.84. The van der Waals surface area contributed by atoms with Crippen molar-refractivity contribution >= 4 is 34.4 Å². The molecule has 150 valence electrons. The SMILES string of the molecule is CC(C)(C)OC(=O)N1[C@@H]2CC[C@H]1C[C@H](Nc1nc(Cl)cc3nc(O)ccc13)C2. The predicted octanol–water partition coefficient (Wildman–Crippen LogP) is 4.33. The van der Waals surface area contributed by atoms with Crippen LogP contribution in [0.3, 0.4) is 0 Å². The molecule has 0 aromatic carbocycles. The number of carbonyl (C=O) groups is 1. The minimum absolute atomic E-state index is 0.0515. The molecule has 2 fully saturated rings. The van der Waals surface area contributed by atoms with Crippen molar-refractivity contribution in [3.8, 4) is 5.88 Å². The van der Waals surface area contributed by atoms with E-state index in [9.17, 15) is 9.90 Å². The number of ether oxygens (including phenoxy) is 1. The smallest absolute Gasteiger partial charge is 0.410 e. The molecule has 2 bridgehead atoms. The first-order valence-electron chi connectivity index (χ1n) is 9.64. The Labute approximate surface area is 169 Å². The minimum atomic E-state index is -0.492. The Morgan fingerprint density at radius 2 is 1.93 bits per heavy atom. The lowest BCUT2D eigenvalue weighted by atomic mass is 9.97. The van der Waals surface area contributed by atoms with Gasteiger partial charge in [-0.3, -0.25) is 0 Å². The zero-order valence-electron chi connectivity index (χ0n) is 16.3. The molecule has 28 heavy (non-hydrogen) atoms. The van der Waals surface area contributed by atoms with Crippen molar-refractivity contribution in [3.63, 3.8) is 0 Å². The van der Waals surface area contributed by atoms with Crippen molar-refractivity contribution in [2.75, 3.05) is 5.32 Å². The zero-order valence-corrected chi connectivity index (χ0v) is 17.0. The second-order valence-corrected chi connectivity index (χ2v) is 9.00. The Morgan fingerprint density at radius 1 is 1.25 bits per heavy atom. The number of rotatable bonds is 2. The average molecular weight is 405 g/mol. The molecule has 1 amide bonds. The number of aromatic hydroxyl groups is 1. The quantitative estimate of drug-likeness (QED) is 0.724. The van der Waals surface area contributed by atoms with Crippen LogP contribution in [0.15, 0.2) is 18.2 Å². The Bertz CT molecular complexity index is 895. The van der Waals surface area contributed by atoms with Crippen LogP contribution in [0.4, 0.5) is 10.6 Å². The lowest BCUT2D eigenvalue weighted by Gasteiger charge is -2.39. The van der Waals surface area contributed by atoms with Gasteiger partial charge in [0, 0.05) is 35.6 Å². The fourth-order valence-corrected chi connectivity index (χ4v) is 4.49. The highest BCUT2D eigenvalue weighted by Gasteiger charge is 2.45. The highest BCUT2D eigenvalue weighted by molar-refractivity contribution is 6.30. The molecule has 0 spiro atoms. The van der Waals surface area contributed by atoms with Crippen molar-refractivity contribution in [1.29, 1.82) is 0 Å². The molecule has 2 aliphatic heterocycles. The number of hydrogen-bond acceptors (Lipinski definition) is 6. The summed E-state index contributed by atoms with van der Waals surface area (Å²) in [7, 11) is 0. The van der Waals surface area contributed by atoms with Crippen molar-refractivity contribution < 1.29 is 14.6 Å². The van der Waals surface area contributed by atoms with Gasteiger partial charge in [-0.1, -0.05) is 11.6 Å². The van der Waals surface area contributed by atoms with Gasteiger partial charge in [-0.15, -0.1) is 0 Å². The molecule has 2 aromatic rings. The number of fused-ring (bicyclic) bond motifs is 3. The van der Waals surface area contributed by atoms with Crippen LogP contribution in [-0.2, 0) is 4.74 Å². The van der Waals surface area contributed by atoms with Crippen LogP contribution in [0.5, 0.6) is 5.88 Å². The van der Waals surface area contributed by atoms with Gasteiger partial charge in [0.25, 0.3) is 0 Å². The minimum Gasteiger partial charge on any atom is -0.493 e. The van der Waals surface area contributed by atoms with Crippen LogP contribution >= 0.6 is 11.6 Å². The van der Waals surface area contributed by atoms with Gasteiger partial charge in [-0.2, -0.15) is 0 Å². The topological polar surface area (TPSA) is 87.6 Å². The van der Waals surface area contributed by atoms with E-state index in [0.717, 1.165) is 31.1 Å². The summed E-state index contributed by atoms with van der Waals surface area (Å²) in [6, 6.07) is 5.47. The fourth-order valence-electron chi connectivity index (χ4n) is 4.30. The second-order valence-electron chi connectivity index (χ2n) is 8.61. The molecular formula is C20H25ClN4O3. The third-order valence-electron chi connectivity index (χ3n) is 5.32. The van der Waals surface area contributed by atoms with Crippen LogP contribution in [0.1, 0.15) is 46.5 Å². The number of pyridine rings is 2. The first-order valence-corrected chi connectivity index (χ1v) is 10.0. The van der Waals surface area contributed by atoms with Crippen LogP contribution in [0, 0.1) is 0 Å². The highest BCUT2D eigenvalue weighted by Crippen LogP contribution is 2.38. The van der Waals surface area contributed by atoms with E-state index >= 15 is 0 Å². The van der Waals surface area contributed by atoms with Crippen molar-refractivity contribution in [2.24, 2.45) is 0 Å². The van der Waals surface area contributed by atoms with Gasteiger partial charge >= 0.3 is 6.09 Å². The summed E-state index contributed by atoms with van der Waals surface area (Å²) < 4.78 is 5.60. The van der Waals surface area contributed by atoms with E-state index in [1.165, 1.54) is 6.07 Å². The summed E-state index contributed by atoms with van der Waals surface area (Å²) >= 11 is 6.15. The van der Waals surface area contributed by atoms with E-state index in [0.29, 0.717) is 16.5 Å². The van der Waals surface area contributed by atoms with E-state index in [1.807, 2.05) is 25.7 Å². The molecule has 0 unspecified atom stereocenters. The van der Waals surface area contributed by atoms with Gasteiger partial charge in [0.05, 0.1) is 5.52 Å². The molecule has 4 rings (SSSR count). The monoisotopic (exact) mass is 404 g/mol. The van der Waals surface area contributed by atoms with Crippen molar-refractivity contribution in [2.45, 2.75) is 70.2 Å². The number of nitrogens with zero attached hydrogens (tertiary/aromatic N) is 3. The van der Waals surface area contributed by atoms with E-state index in [-0.39, 0.29) is 30.1 Å². The molecule has 0 saturated carbocycles. The van der Waals surface area contributed by atoms with Crippen LogP contribution in [-0.4, -0.2) is 49.8 Å². The molecule has 0 aliphatic carbocycles. The number of hydrogen-bond donors (Lipinski definition) is 2. The van der Waals surface area contributed by atoms with Gasteiger partial charge in [0.15, 0.2) is 0 Å². The molecule has 0 radical (unpaired) electrons. The lowest BCUT2D eigenvalue weighted by Crippen LogP contribution is -2.51. The zero-order chi connectivity index (χ0) is 20.1. The Kier molecular flexibility index (Phi) is 4.73. The molecule has 7 nitrogen and oxygen atoms in total. The number of carbonyl (C=O) groups excluding carboxylic acids is 1. The molecule has 2 aromatic heterocycles. The van der Waals surface area contributed by atoms with E-state index in [1.54, 1.807) is 12.1 Å². The molecule has 4 heterocycles. The van der Waals surface area contributed by atoms with E-state index in [4.69, 9.17) is 16.3 Å². The predicted molar refractivity (Wildman–Crippen MR) is 108 cm³/mol. The first kappa shape index (κ1) is 19.1. The Morgan fingerprint density at radius 3 is 2.57 bits per heavy atom. The van der Waals surface area contributed by atoms with E-state index < -0.39 is 5.60 Å². The van der Waals surface area contributed by atoms with Crippen LogP contribution < -0.4 is 5.32 Å². The summed E-state index contributed by atoms with van der Waals surface area (Å²) in [6.45, 7) is 5.68. The van der Waals surface area contributed by atoms with Gasteiger partial charge in [0.1, 0.15) is 16.6 Å². The molecule has 2 N–H and O–H groups in total. The van der Waals surface area contributed by atoms with Crippen molar-refractivity contribution in [3.05, 3.63) is 23.4 Å². The third-order valence-corrected chi connectivity index (χ3v) is 5.51. The summed E-state index contributed by atoms with van der Waals surface area (Å²) in [6.07, 6.45) is 3.42. The third kappa shape index (κ3) is 3.81. The summed E-state index contributed by atoms with van der Waals surface area (Å²) in [5.41, 5.74) is 0.102. The van der Waals surface area contributed by atoms with Gasteiger partial charge in [0.2, 0.25) is 5.88 Å². The summed E-state index contributed by atoms with van der Waals surface area (Å²) in [4.78, 5) is 23.1. The van der Waals surface area contributed by atoms with Crippen molar-refractivity contribution in [1.82, 2.24) is 14.9 Å². The largest absolute Gasteiger partial charge is 0.493 e. The second kappa shape index (κ2) is 6.95. The summed E-state index contributed by atoms with van der Waals surface area (Å²) in [5, 5.41) is 14.3. The van der Waals surface area contributed by atoms with Gasteiger partial charge < -0.3 is 20.1 Å². The number of nitrogens with one attached hydrogen (secondary N) is 1. The maximum atomic E-state index is 12.6. The summed E-state index contributed by atoms with van der Waals surface area (Å²) in [5.74, 6) is 0.606. The van der Waals surface area contributed by atoms with Gasteiger partial charge in [-0.25, -0.2) is 14.8 Å². The number of anilines is 1. The number of aromatic nitrogens is 2. The molecular weight excluding hydrogens is 380 g/mol. The molecule has 2 aliphatic rings. The van der Waals surface area contributed by atoms with Gasteiger partial charge in [-0.05, 0) is 52.5 Å². The standard InChI is InChI=1S/C20H25ClN4O3/c1-20(2,3)28-19(27)25-12-4-5-13(25)9-11(8-12)22-18-14-6-7-17(26)23-15(14)10-16(21)24-18/h6-7,10-13H,4-5,8-9H2,1-3H3,(H,22,24)(H,23,26)/t11-,12-,13+. The number of amides is 1. The molecule has 3 atom stereocenters. The van der Waals surface area contributed by atoms with Crippen LogP contribution in [0.2, 0.25) is 5.15 Å². The van der Waals surface area contributed by atoms with Crippen LogP contribution in [0.25, 0.3) is 10.9 Å². The number of halogens is 1. The lowest BCUT2D eigenvalue weighted by molar-refractivity contribution is 0.00683. The first-order chi connectivity index (χ1) is 13.2. The molecule has 8 heteroatoms.